The number of fused-ring (bicyclic) bond motifs is 2. The molecular formula is C18H16FN3O. The number of aromatic nitrogens is 3. The first-order valence-corrected chi connectivity index (χ1v) is 7.83. The van der Waals surface area contributed by atoms with Crippen LogP contribution in [0.3, 0.4) is 0 Å². The van der Waals surface area contributed by atoms with Crippen molar-refractivity contribution in [3.8, 4) is 0 Å². The van der Waals surface area contributed by atoms with Gasteiger partial charge in [-0.25, -0.2) is 14.4 Å². The van der Waals surface area contributed by atoms with Crippen molar-refractivity contribution in [3.63, 3.8) is 0 Å². The molecule has 0 fully saturated rings. The maximum Gasteiger partial charge on any atom is 0.263 e. The first-order chi connectivity index (χ1) is 11.2. The van der Waals surface area contributed by atoms with Crippen LogP contribution in [0.5, 0.6) is 0 Å². The van der Waals surface area contributed by atoms with Crippen molar-refractivity contribution in [2.75, 3.05) is 0 Å². The van der Waals surface area contributed by atoms with Gasteiger partial charge in [0.1, 0.15) is 12.1 Å². The Bertz CT molecular complexity index is 931. The number of nitrogens with zero attached hydrogens (tertiary/aromatic N) is 3. The molecule has 0 saturated heterocycles. The van der Waals surface area contributed by atoms with Crippen molar-refractivity contribution in [2.45, 2.75) is 32.2 Å². The van der Waals surface area contributed by atoms with Gasteiger partial charge in [-0.05, 0) is 55.0 Å². The van der Waals surface area contributed by atoms with Crippen LogP contribution in [-0.4, -0.2) is 14.5 Å². The SMILES string of the molecule is O=c1c2cc3c(nc2ncn1Cc1ccc(F)cc1)CCCC3. The van der Waals surface area contributed by atoms with Crippen LogP contribution >= 0.6 is 0 Å². The average Bonchev–Trinajstić information content (AvgIpc) is 2.58. The number of aryl methyl sites for hydroxylation is 2. The fourth-order valence-electron chi connectivity index (χ4n) is 3.11. The van der Waals surface area contributed by atoms with Gasteiger partial charge in [-0.1, -0.05) is 12.1 Å². The molecule has 4 rings (SSSR count). The molecule has 0 bridgehead atoms. The van der Waals surface area contributed by atoms with E-state index >= 15 is 0 Å². The zero-order chi connectivity index (χ0) is 15.8. The van der Waals surface area contributed by atoms with Gasteiger partial charge in [0.25, 0.3) is 5.56 Å². The lowest BCUT2D eigenvalue weighted by Gasteiger charge is -2.15. The van der Waals surface area contributed by atoms with Gasteiger partial charge in [0.2, 0.25) is 0 Å². The van der Waals surface area contributed by atoms with Crippen molar-refractivity contribution in [1.82, 2.24) is 14.5 Å². The lowest BCUT2D eigenvalue weighted by atomic mass is 9.95. The Kier molecular flexibility index (Phi) is 3.41. The zero-order valence-electron chi connectivity index (χ0n) is 12.6. The van der Waals surface area contributed by atoms with Crippen molar-refractivity contribution in [2.24, 2.45) is 0 Å². The second-order valence-electron chi connectivity index (χ2n) is 5.98. The van der Waals surface area contributed by atoms with Crippen LogP contribution < -0.4 is 5.56 Å². The van der Waals surface area contributed by atoms with Gasteiger partial charge in [-0.2, -0.15) is 0 Å². The summed E-state index contributed by atoms with van der Waals surface area (Å²) in [5.41, 5.74) is 3.53. The highest BCUT2D eigenvalue weighted by molar-refractivity contribution is 5.74. The van der Waals surface area contributed by atoms with Gasteiger partial charge >= 0.3 is 0 Å². The molecule has 0 unspecified atom stereocenters. The van der Waals surface area contributed by atoms with E-state index < -0.39 is 0 Å². The third-order valence-corrected chi connectivity index (χ3v) is 4.36. The fourth-order valence-corrected chi connectivity index (χ4v) is 3.11. The smallest absolute Gasteiger partial charge is 0.263 e. The molecule has 2 aromatic heterocycles. The number of benzene rings is 1. The van der Waals surface area contributed by atoms with Crippen LogP contribution in [0.25, 0.3) is 11.0 Å². The molecule has 5 heteroatoms. The number of halogens is 1. The van der Waals surface area contributed by atoms with Gasteiger partial charge in [-0.15, -0.1) is 0 Å². The van der Waals surface area contributed by atoms with Crippen molar-refractivity contribution < 1.29 is 4.39 Å². The van der Waals surface area contributed by atoms with Crippen molar-refractivity contribution in [3.05, 3.63) is 69.7 Å². The standard InChI is InChI=1S/C18H16FN3O/c19-14-7-5-12(6-8-14)10-22-11-20-17-15(18(22)23)9-13-3-1-2-4-16(13)21-17/h5-9,11H,1-4,10H2. The topological polar surface area (TPSA) is 47.8 Å². The summed E-state index contributed by atoms with van der Waals surface area (Å²) in [7, 11) is 0. The van der Waals surface area contributed by atoms with Gasteiger partial charge in [0.05, 0.1) is 11.9 Å². The summed E-state index contributed by atoms with van der Waals surface area (Å²) < 4.78 is 14.5. The summed E-state index contributed by atoms with van der Waals surface area (Å²) in [5.74, 6) is -0.284. The zero-order valence-corrected chi connectivity index (χ0v) is 12.6. The lowest BCUT2D eigenvalue weighted by molar-refractivity contribution is 0.626. The Hall–Kier alpha value is -2.56. The molecule has 2 heterocycles. The minimum Gasteiger partial charge on any atom is -0.294 e. The van der Waals surface area contributed by atoms with E-state index in [1.54, 1.807) is 16.7 Å². The summed E-state index contributed by atoms with van der Waals surface area (Å²) in [6.07, 6.45) is 5.75. The van der Waals surface area contributed by atoms with Crippen molar-refractivity contribution >= 4 is 11.0 Å². The van der Waals surface area contributed by atoms with E-state index in [-0.39, 0.29) is 11.4 Å². The molecule has 1 aliphatic carbocycles. The maximum absolute atomic E-state index is 13.0. The third-order valence-electron chi connectivity index (χ3n) is 4.36. The lowest BCUT2D eigenvalue weighted by Crippen LogP contribution is -2.22. The van der Waals surface area contributed by atoms with E-state index in [9.17, 15) is 9.18 Å². The van der Waals surface area contributed by atoms with Crippen LogP contribution in [0.15, 0.2) is 41.5 Å². The predicted octanol–water partition coefficient (Wildman–Crippen LogP) is 2.86. The second-order valence-corrected chi connectivity index (χ2v) is 5.98. The normalized spacial score (nSPS) is 14.0. The van der Waals surface area contributed by atoms with E-state index in [0.29, 0.717) is 17.6 Å². The third kappa shape index (κ3) is 2.63. The Morgan fingerprint density at radius 1 is 1.13 bits per heavy atom. The molecule has 0 radical (unpaired) electrons. The number of rotatable bonds is 2. The molecule has 0 aliphatic heterocycles. The number of pyridine rings is 1. The Balaban J connectivity index is 1.78. The largest absolute Gasteiger partial charge is 0.294 e. The molecule has 3 aromatic rings. The van der Waals surface area contributed by atoms with Gasteiger partial charge < -0.3 is 0 Å². The van der Waals surface area contributed by atoms with Crippen LogP contribution in [0.1, 0.15) is 29.7 Å². The minimum absolute atomic E-state index is 0.0970. The second kappa shape index (κ2) is 5.57. The number of hydrogen-bond donors (Lipinski definition) is 0. The van der Waals surface area contributed by atoms with E-state index in [1.165, 1.54) is 24.0 Å². The van der Waals surface area contributed by atoms with Gasteiger partial charge in [0.15, 0.2) is 5.65 Å². The Morgan fingerprint density at radius 3 is 2.74 bits per heavy atom. The first-order valence-electron chi connectivity index (χ1n) is 7.83. The van der Waals surface area contributed by atoms with E-state index in [1.807, 2.05) is 6.07 Å². The first kappa shape index (κ1) is 14.1. The molecule has 1 aliphatic rings. The van der Waals surface area contributed by atoms with Crippen LogP contribution in [0.2, 0.25) is 0 Å². The summed E-state index contributed by atoms with van der Waals surface area (Å²) in [6.45, 7) is 0.374. The molecule has 4 nitrogen and oxygen atoms in total. The molecule has 0 atom stereocenters. The molecule has 23 heavy (non-hydrogen) atoms. The van der Waals surface area contributed by atoms with E-state index in [0.717, 1.165) is 36.9 Å². The summed E-state index contributed by atoms with van der Waals surface area (Å²) in [6, 6.07) is 8.10. The van der Waals surface area contributed by atoms with Crippen LogP contribution in [0, 0.1) is 5.82 Å². The molecule has 0 saturated carbocycles. The molecule has 116 valence electrons. The molecule has 0 amide bonds. The number of hydrogen-bond acceptors (Lipinski definition) is 3. The van der Waals surface area contributed by atoms with Crippen LogP contribution in [0.4, 0.5) is 4.39 Å². The highest BCUT2D eigenvalue weighted by atomic mass is 19.1. The average molecular weight is 309 g/mol. The molecule has 0 N–H and O–H groups in total. The van der Waals surface area contributed by atoms with E-state index in [2.05, 4.69) is 9.97 Å². The molecule has 0 spiro atoms. The molecular weight excluding hydrogens is 293 g/mol. The van der Waals surface area contributed by atoms with Gasteiger partial charge in [-0.3, -0.25) is 9.36 Å². The minimum atomic E-state index is -0.284. The predicted molar refractivity (Wildman–Crippen MR) is 85.9 cm³/mol. The van der Waals surface area contributed by atoms with Crippen molar-refractivity contribution in [1.29, 1.82) is 0 Å². The highest BCUT2D eigenvalue weighted by Gasteiger charge is 2.14. The molecule has 1 aromatic carbocycles. The Morgan fingerprint density at radius 2 is 1.91 bits per heavy atom. The summed E-state index contributed by atoms with van der Waals surface area (Å²) in [4.78, 5) is 21.6. The van der Waals surface area contributed by atoms with Gasteiger partial charge in [0, 0.05) is 5.69 Å². The quantitative estimate of drug-likeness (QED) is 0.731. The fraction of sp³-hybridized carbons (Fsp3) is 0.278. The van der Waals surface area contributed by atoms with E-state index in [4.69, 9.17) is 0 Å². The monoisotopic (exact) mass is 309 g/mol. The Labute approximate surface area is 132 Å². The maximum atomic E-state index is 13.0. The summed E-state index contributed by atoms with van der Waals surface area (Å²) in [5, 5.41) is 0.565. The highest BCUT2D eigenvalue weighted by Crippen LogP contribution is 2.21. The summed E-state index contributed by atoms with van der Waals surface area (Å²) >= 11 is 0. The van der Waals surface area contributed by atoms with Crippen LogP contribution in [-0.2, 0) is 19.4 Å².